The molecule has 0 spiro atoms. The van der Waals surface area contributed by atoms with E-state index in [0.29, 0.717) is 31.0 Å². The van der Waals surface area contributed by atoms with Crippen LogP contribution >= 0.6 is 0 Å². The monoisotopic (exact) mass is 417 g/mol. The van der Waals surface area contributed by atoms with E-state index in [1.807, 2.05) is 18.7 Å². The normalized spacial score (nSPS) is 21.8. The zero-order chi connectivity index (χ0) is 21.3. The lowest BCUT2D eigenvalue weighted by molar-refractivity contribution is -0.117. The van der Waals surface area contributed by atoms with Crippen molar-refractivity contribution in [2.45, 2.75) is 64.8 Å². The van der Waals surface area contributed by atoms with Crippen molar-refractivity contribution in [3.05, 3.63) is 40.3 Å². The minimum Gasteiger partial charge on any atom is -0.372 e. The maximum atomic E-state index is 14.7. The number of amides is 1. The molecule has 0 bridgehead atoms. The van der Waals surface area contributed by atoms with Gasteiger partial charge in [0, 0.05) is 31.7 Å². The molecule has 2 atom stereocenters. The van der Waals surface area contributed by atoms with E-state index in [1.54, 1.807) is 16.7 Å². The fraction of sp³-hybridized carbons (Fsp3) is 0.571. The number of aromatic nitrogens is 3. The molecule has 0 saturated carbocycles. The fourth-order valence-corrected chi connectivity index (χ4v) is 4.28. The first kappa shape index (κ1) is 20.6. The highest BCUT2D eigenvalue weighted by Gasteiger charge is 2.24. The van der Waals surface area contributed by atoms with E-state index >= 15 is 0 Å². The number of rotatable bonds is 4. The molecule has 8 nitrogen and oxygen atoms in total. The van der Waals surface area contributed by atoms with E-state index in [2.05, 4.69) is 10.4 Å². The lowest BCUT2D eigenvalue weighted by Crippen LogP contribution is -2.45. The molecule has 2 aliphatic rings. The number of hydrogen-bond donors (Lipinski definition) is 1. The van der Waals surface area contributed by atoms with Crippen molar-refractivity contribution in [3.63, 3.8) is 0 Å². The predicted molar refractivity (Wildman–Crippen MR) is 111 cm³/mol. The van der Waals surface area contributed by atoms with Crippen LogP contribution in [0.2, 0.25) is 0 Å². The summed E-state index contributed by atoms with van der Waals surface area (Å²) in [6.07, 6.45) is 3.81. The number of halogens is 1. The summed E-state index contributed by atoms with van der Waals surface area (Å²) >= 11 is 0. The van der Waals surface area contributed by atoms with E-state index in [1.165, 1.54) is 10.7 Å². The Morgan fingerprint density at radius 3 is 2.73 bits per heavy atom. The first-order valence-corrected chi connectivity index (χ1v) is 10.6. The van der Waals surface area contributed by atoms with Gasteiger partial charge in [-0.3, -0.25) is 9.36 Å². The summed E-state index contributed by atoms with van der Waals surface area (Å²) in [5.74, 6) is -0.0826. The van der Waals surface area contributed by atoms with Crippen molar-refractivity contribution in [1.29, 1.82) is 0 Å². The molecule has 162 valence electrons. The second-order valence-corrected chi connectivity index (χ2v) is 8.20. The van der Waals surface area contributed by atoms with Crippen molar-refractivity contribution in [1.82, 2.24) is 14.3 Å². The third-order valence-corrected chi connectivity index (χ3v) is 5.57. The molecule has 0 radical (unpaired) electrons. The zero-order valence-electron chi connectivity index (χ0n) is 17.4. The largest absolute Gasteiger partial charge is 0.372 e. The van der Waals surface area contributed by atoms with Crippen LogP contribution in [0, 0.1) is 5.82 Å². The SMILES string of the molecule is CC1CN(c2ccc(NC(=O)Cn3nc4n(c3=O)CCCCC4)cc2F)CC(C)O1. The number of fused-ring (bicyclic) bond motifs is 1. The van der Waals surface area contributed by atoms with E-state index in [4.69, 9.17) is 4.74 Å². The highest BCUT2D eigenvalue weighted by Crippen LogP contribution is 2.26. The molecule has 2 aromatic rings. The van der Waals surface area contributed by atoms with Gasteiger partial charge in [-0.2, -0.15) is 5.10 Å². The van der Waals surface area contributed by atoms with E-state index in [-0.39, 0.29) is 24.4 Å². The molecule has 1 amide bonds. The van der Waals surface area contributed by atoms with Crippen LogP contribution in [0.1, 0.15) is 38.9 Å². The van der Waals surface area contributed by atoms with Crippen LogP contribution in [-0.2, 0) is 29.0 Å². The number of ether oxygens (including phenoxy) is 1. The highest BCUT2D eigenvalue weighted by atomic mass is 19.1. The maximum Gasteiger partial charge on any atom is 0.346 e. The Morgan fingerprint density at radius 1 is 1.23 bits per heavy atom. The molecule has 4 rings (SSSR count). The molecule has 1 fully saturated rings. The Balaban J connectivity index is 1.43. The zero-order valence-corrected chi connectivity index (χ0v) is 17.4. The predicted octanol–water partition coefficient (Wildman–Crippen LogP) is 2.16. The van der Waals surface area contributed by atoms with Gasteiger partial charge in [0.25, 0.3) is 0 Å². The molecule has 1 N–H and O–H groups in total. The second-order valence-electron chi connectivity index (χ2n) is 8.20. The molecule has 2 aliphatic heterocycles. The average molecular weight is 417 g/mol. The van der Waals surface area contributed by atoms with Crippen molar-refractivity contribution in [2.75, 3.05) is 23.3 Å². The lowest BCUT2D eigenvalue weighted by atomic mass is 10.2. The Labute approximate surface area is 174 Å². The van der Waals surface area contributed by atoms with E-state index < -0.39 is 11.7 Å². The van der Waals surface area contributed by atoms with Crippen LogP contribution in [0.25, 0.3) is 0 Å². The molecule has 2 unspecified atom stereocenters. The molecule has 9 heteroatoms. The van der Waals surface area contributed by atoms with Gasteiger partial charge in [-0.1, -0.05) is 6.42 Å². The summed E-state index contributed by atoms with van der Waals surface area (Å²) < 4.78 is 23.3. The minimum absolute atomic E-state index is 0.0240. The van der Waals surface area contributed by atoms with Gasteiger partial charge in [0.2, 0.25) is 5.91 Å². The van der Waals surface area contributed by atoms with Gasteiger partial charge in [0.05, 0.1) is 17.9 Å². The van der Waals surface area contributed by atoms with Gasteiger partial charge < -0.3 is 15.0 Å². The average Bonchev–Trinajstić information content (AvgIpc) is 2.83. The number of morpholine rings is 1. The second kappa shape index (κ2) is 8.59. The summed E-state index contributed by atoms with van der Waals surface area (Å²) in [6.45, 7) is 5.60. The number of hydrogen-bond acceptors (Lipinski definition) is 5. The standard InChI is InChI=1S/C21H28FN5O3/c1-14-11-25(12-15(2)30-14)18-8-7-16(10-17(18)22)23-20(28)13-27-21(29)26-9-5-3-4-6-19(26)24-27/h7-8,10,14-15H,3-6,9,11-13H2,1-2H3,(H,23,28). The fourth-order valence-electron chi connectivity index (χ4n) is 4.28. The van der Waals surface area contributed by atoms with E-state index in [9.17, 15) is 14.0 Å². The highest BCUT2D eigenvalue weighted by molar-refractivity contribution is 5.90. The molecule has 1 aromatic carbocycles. The smallest absolute Gasteiger partial charge is 0.346 e. The van der Waals surface area contributed by atoms with Gasteiger partial charge in [0.1, 0.15) is 18.2 Å². The molecule has 1 aromatic heterocycles. The molecule has 3 heterocycles. The third kappa shape index (κ3) is 4.40. The van der Waals surface area contributed by atoms with Crippen LogP contribution in [0.5, 0.6) is 0 Å². The van der Waals surface area contributed by atoms with E-state index in [0.717, 1.165) is 31.5 Å². The molecular weight excluding hydrogens is 389 g/mol. The summed E-state index contributed by atoms with van der Waals surface area (Å²) in [7, 11) is 0. The quantitative estimate of drug-likeness (QED) is 0.825. The van der Waals surface area contributed by atoms with Crippen LogP contribution in [0.3, 0.4) is 0 Å². The number of nitrogens with zero attached hydrogens (tertiary/aromatic N) is 4. The summed E-state index contributed by atoms with van der Waals surface area (Å²) in [5.41, 5.74) is 0.577. The first-order valence-electron chi connectivity index (χ1n) is 10.6. The number of nitrogens with one attached hydrogen (secondary N) is 1. The Morgan fingerprint density at radius 2 is 2.00 bits per heavy atom. The van der Waals surface area contributed by atoms with Gasteiger partial charge in [-0.05, 0) is 44.9 Å². The van der Waals surface area contributed by atoms with Crippen molar-refractivity contribution in [3.8, 4) is 0 Å². The molecule has 1 saturated heterocycles. The molecule has 0 aliphatic carbocycles. The lowest BCUT2D eigenvalue weighted by Gasteiger charge is -2.37. The van der Waals surface area contributed by atoms with Crippen molar-refractivity contribution in [2.24, 2.45) is 0 Å². The van der Waals surface area contributed by atoms with Crippen LogP contribution in [-0.4, -0.2) is 45.6 Å². The van der Waals surface area contributed by atoms with Gasteiger partial charge >= 0.3 is 5.69 Å². The van der Waals surface area contributed by atoms with Crippen LogP contribution in [0.4, 0.5) is 15.8 Å². The number of benzene rings is 1. The Kier molecular flexibility index (Phi) is 5.90. The summed E-state index contributed by atoms with van der Waals surface area (Å²) in [4.78, 5) is 26.9. The molecule has 30 heavy (non-hydrogen) atoms. The number of aryl methyl sites for hydroxylation is 1. The van der Waals surface area contributed by atoms with Gasteiger partial charge in [-0.25, -0.2) is 13.9 Å². The first-order chi connectivity index (χ1) is 14.4. The maximum absolute atomic E-state index is 14.7. The third-order valence-electron chi connectivity index (χ3n) is 5.57. The Hall–Kier alpha value is -2.68. The number of carbonyl (C=O) groups is 1. The van der Waals surface area contributed by atoms with Gasteiger partial charge in [0.15, 0.2) is 0 Å². The van der Waals surface area contributed by atoms with Crippen LogP contribution in [0.15, 0.2) is 23.0 Å². The number of anilines is 2. The summed E-state index contributed by atoms with van der Waals surface area (Å²) in [5, 5.41) is 6.98. The number of carbonyl (C=O) groups excluding carboxylic acids is 1. The van der Waals surface area contributed by atoms with Crippen molar-refractivity contribution < 1.29 is 13.9 Å². The minimum atomic E-state index is -0.411. The summed E-state index contributed by atoms with van der Waals surface area (Å²) in [6, 6.07) is 4.65. The van der Waals surface area contributed by atoms with Crippen LogP contribution < -0.4 is 15.9 Å². The van der Waals surface area contributed by atoms with Gasteiger partial charge in [-0.15, -0.1) is 0 Å². The topological polar surface area (TPSA) is 81.4 Å². The Bertz CT molecular complexity index is 976. The van der Waals surface area contributed by atoms with Crippen molar-refractivity contribution >= 4 is 17.3 Å². The molecular formula is C21H28FN5O3.